The van der Waals surface area contributed by atoms with Crippen LogP contribution in [-0.4, -0.2) is 43.9 Å². The van der Waals surface area contributed by atoms with Gasteiger partial charge in [0.15, 0.2) is 5.69 Å². The molecule has 0 bridgehead atoms. The van der Waals surface area contributed by atoms with E-state index >= 15 is 0 Å². The van der Waals surface area contributed by atoms with E-state index in [1.165, 1.54) is 6.20 Å². The fraction of sp³-hybridized carbons (Fsp3) is 0.625. The lowest BCUT2D eigenvalue weighted by Crippen LogP contribution is -2.35. The van der Waals surface area contributed by atoms with Crippen LogP contribution in [-0.2, 0) is 0 Å². The minimum atomic E-state index is -0.115. The van der Waals surface area contributed by atoms with Crippen LogP contribution in [0.1, 0.15) is 23.3 Å². The zero-order chi connectivity index (χ0) is 9.97. The summed E-state index contributed by atoms with van der Waals surface area (Å²) in [4.78, 5) is 13.5. The van der Waals surface area contributed by atoms with Gasteiger partial charge in [-0.2, -0.15) is 8.75 Å². The largest absolute Gasteiger partial charge is 0.395 e. The van der Waals surface area contributed by atoms with Gasteiger partial charge in [0, 0.05) is 12.6 Å². The number of aromatic nitrogens is 2. The van der Waals surface area contributed by atoms with Crippen molar-refractivity contribution in [2.45, 2.75) is 18.9 Å². The summed E-state index contributed by atoms with van der Waals surface area (Å²) in [5, 5.41) is 8.83. The van der Waals surface area contributed by atoms with Gasteiger partial charge < -0.3 is 10.0 Å². The first-order chi connectivity index (χ1) is 6.83. The van der Waals surface area contributed by atoms with Crippen LogP contribution in [0.4, 0.5) is 0 Å². The lowest BCUT2D eigenvalue weighted by Gasteiger charge is -2.19. The third-order valence-electron chi connectivity index (χ3n) is 2.17. The van der Waals surface area contributed by atoms with E-state index in [1.54, 1.807) is 4.90 Å². The standard InChI is InChI=1S/C8H11N3O2S/c12-4-3-11(6-1-2-6)8(13)7-5-9-14-10-7/h5-6,12H,1-4H2. The molecule has 1 fully saturated rings. The fourth-order valence-corrected chi connectivity index (χ4v) is 1.76. The summed E-state index contributed by atoms with van der Waals surface area (Å²) in [7, 11) is 0. The molecule has 1 aliphatic rings. The Kier molecular flexibility index (Phi) is 2.74. The van der Waals surface area contributed by atoms with E-state index < -0.39 is 0 Å². The number of aliphatic hydroxyl groups is 1. The van der Waals surface area contributed by atoms with Crippen LogP contribution in [0.5, 0.6) is 0 Å². The Morgan fingerprint density at radius 2 is 2.50 bits per heavy atom. The molecule has 0 spiro atoms. The molecule has 1 heterocycles. The van der Waals surface area contributed by atoms with Gasteiger partial charge >= 0.3 is 0 Å². The van der Waals surface area contributed by atoms with Crippen LogP contribution >= 0.6 is 11.7 Å². The summed E-state index contributed by atoms with van der Waals surface area (Å²) >= 11 is 1.03. The maximum absolute atomic E-state index is 11.8. The predicted molar refractivity (Wildman–Crippen MR) is 51.1 cm³/mol. The summed E-state index contributed by atoms with van der Waals surface area (Å²) in [6, 6.07) is 0.302. The summed E-state index contributed by atoms with van der Waals surface area (Å²) in [5.74, 6) is -0.115. The van der Waals surface area contributed by atoms with E-state index in [9.17, 15) is 4.79 Å². The Labute approximate surface area is 85.7 Å². The second-order valence-electron chi connectivity index (χ2n) is 3.25. The molecule has 1 aromatic rings. The van der Waals surface area contributed by atoms with Crippen LogP contribution in [0.15, 0.2) is 6.20 Å². The highest BCUT2D eigenvalue weighted by Gasteiger charge is 2.33. The molecule has 1 saturated carbocycles. The molecule has 76 valence electrons. The summed E-state index contributed by atoms with van der Waals surface area (Å²) < 4.78 is 7.67. The van der Waals surface area contributed by atoms with E-state index in [0.717, 1.165) is 24.6 Å². The quantitative estimate of drug-likeness (QED) is 0.772. The van der Waals surface area contributed by atoms with Crippen molar-refractivity contribution in [1.29, 1.82) is 0 Å². The Balaban J connectivity index is 2.07. The maximum atomic E-state index is 11.8. The highest BCUT2D eigenvalue weighted by Crippen LogP contribution is 2.27. The third kappa shape index (κ3) is 1.91. The molecule has 6 heteroatoms. The molecule has 14 heavy (non-hydrogen) atoms. The second kappa shape index (κ2) is 4.02. The van der Waals surface area contributed by atoms with Gasteiger partial charge in [0.25, 0.3) is 5.91 Å². The summed E-state index contributed by atoms with van der Waals surface area (Å²) in [6.07, 6.45) is 3.53. The van der Waals surface area contributed by atoms with Crippen molar-refractivity contribution in [2.75, 3.05) is 13.2 Å². The number of nitrogens with zero attached hydrogens (tertiary/aromatic N) is 3. The van der Waals surface area contributed by atoms with Crippen LogP contribution in [0.2, 0.25) is 0 Å². The van der Waals surface area contributed by atoms with Gasteiger partial charge in [-0.1, -0.05) is 0 Å². The zero-order valence-electron chi connectivity index (χ0n) is 7.59. The van der Waals surface area contributed by atoms with Crippen molar-refractivity contribution in [1.82, 2.24) is 13.6 Å². The van der Waals surface area contributed by atoms with Gasteiger partial charge in [-0.3, -0.25) is 4.79 Å². The first-order valence-corrected chi connectivity index (χ1v) is 5.25. The Morgan fingerprint density at radius 3 is 3.00 bits per heavy atom. The van der Waals surface area contributed by atoms with E-state index in [1.807, 2.05) is 0 Å². The molecule has 0 radical (unpaired) electrons. The molecule has 0 unspecified atom stereocenters. The van der Waals surface area contributed by atoms with Gasteiger partial charge in [-0.15, -0.1) is 0 Å². The molecular formula is C8H11N3O2S. The summed E-state index contributed by atoms with van der Waals surface area (Å²) in [6.45, 7) is 0.390. The Hall–Kier alpha value is -1.01. The molecule has 2 rings (SSSR count). The molecule has 0 atom stereocenters. The van der Waals surface area contributed by atoms with E-state index in [-0.39, 0.29) is 12.5 Å². The van der Waals surface area contributed by atoms with Gasteiger partial charge in [-0.25, -0.2) is 0 Å². The number of rotatable bonds is 4. The van der Waals surface area contributed by atoms with E-state index in [4.69, 9.17) is 5.11 Å². The Morgan fingerprint density at radius 1 is 1.71 bits per heavy atom. The highest BCUT2D eigenvalue weighted by molar-refractivity contribution is 6.99. The van der Waals surface area contributed by atoms with Gasteiger partial charge in [0.2, 0.25) is 0 Å². The number of amides is 1. The fourth-order valence-electron chi connectivity index (χ4n) is 1.35. The molecule has 1 amide bonds. The smallest absolute Gasteiger partial charge is 0.275 e. The average Bonchev–Trinajstić information content (AvgIpc) is 2.88. The van der Waals surface area contributed by atoms with E-state index in [2.05, 4.69) is 8.75 Å². The van der Waals surface area contributed by atoms with Crippen molar-refractivity contribution in [3.63, 3.8) is 0 Å². The van der Waals surface area contributed by atoms with Gasteiger partial charge in [0.1, 0.15) is 0 Å². The minimum Gasteiger partial charge on any atom is -0.395 e. The Bertz CT molecular complexity index is 310. The maximum Gasteiger partial charge on any atom is 0.275 e. The van der Waals surface area contributed by atoms with Crippen molar-refractivity contribution in [3.8, 4) is 0 Å². The first kappa shape index (κ1) is 9.54. The van der Waals surface area contributed by atoms with E-state index in [0.29, 0.717) is 18.3 Å². The molecule has 1 aromatic heterocycles. The average molecular weight is 213 g/mol. The molecular weight excluding hydrogens is 202 g/mol. The topological polar surface area (TPSA) is 66.3 Å². The lowest BCUT2D eigenvalue weighted by atomic mass is 10.3. The number of carbonyl (C=O) groups is 1. The lowest BCUT2D eigenvalue weighted by molar-refractivity contribution is 0.0703. The van der Waals surface area contributed by atoms with Gasteiger partial charge in [0.05, 0.1) is 24.5 Å². The number of carbonyl (C=O) groups excluding carboxylic acids is 1. The number of hydrogen-bond donors (Lipinski definition) is 1. The van der Waals surface area contributed by atoms with Crippen molar-refractivity contribution >= 4 is 17.6 Å². The predicted octanol–water partition coefficient (Wildman–Crippen LogP) is 0.135. The number of aliphatic hydroxyl groups excluding tert-OH is 1. The summed E-state index contributed by atoms with van der Waals surface area (Å²) in [5.41, 5.74) is 0.385. The normalized spacial score (nSPS) is 15.5. The van der Waals surface area contributed by atoms with Crippen LogP contribution < -0.4 is 0 Å². The molecule has 1 N–H and O–H groups in total. The molecule has 0 saturated heterocycles. The number of hydrogen-bond acceptors (Lipinski definition) is 5. The highest BCUT2D eigenvalue weighted by atomic mass is 32.1. The SMILES string of the molecule is O=C(c1cnsn1)N(CCO)C1CC1. The zero-order valence-corrected chi connectivity index (χ0v) is 8.40. The van der Waals surface area contributed by atoms with Crippen LogP contribution in [0.25, 0.3) is 0 Å². The van der Waals surface area contributed by atoms with Crippen LogP contribution in [0.3, 0.4) is 0 Å². The third-order valence-corrected chi connectivity index (χ3v) is 2.65. The second-order valence-corrected chi connectivity index (χ2v) is 3.80. The molecule has 1 aliphatic carbocycles. The van der Waals surface area contributed by atoms with Crippen molar-refractivity contribution < 1.29 is 9.90 Å². The van der Waals surface area contributed by atoms with Crippen molar-refractivity contribution in [2.24, 2.45) is 0 Å². The first-order valence-electron chi connectivity index (χ1n) is 4.52. The minimum absolute atomic E-state index is 0.000193. The molecule has 0 aliphatic heterocycles. The molecule has 5 nitrogen and oxygen atoms in total. The van der Waals surface area contributed by atoms with Crippen LogP contribution in [0, 0.1) is 0 Å². The molecule has 0 aromatic carbocycles. The van der Waals surface area contributed by atoms with Crippen molar-refractivity contribution in [3.05, 3.63) is 11.9 Å². The monoisotopic (exact) mass is 213 g/mol. The van der Waals surface area contributed by atoms with Gasteiger partial charge in [-0.05, 0) is 12.8 Å².